The van der Waals surface area contributed by atoms with Crippen LogP contribution in [0.3, 0.4) is 0 Å². The zero-order chi connectivity index (χ0) is 103. The minimum Gasteiger partial charge on any atom is -0.480 e. The zero-order valence-electron chi connectivity index (χ0n) is 78.6. The van der Waals surface area contributed by atoms with E-state index in [1.807, 2.05) is 0 Å². The van der Waals surface area contributed by atoms with Gasteiger partial charge in [-0.05, 0) is 76.0 Å². The molecule has 4 unspecified atom stereocenters. The van der Waals surface area contributed by atoms with Gasteiger partial charge < -0.3 is 113 Å². The standard InChI is InChI=1S/C87H136N22O31/c1-88-81(131)66(43-59-46-89-57-93-59)97-84(134)65(42-58-45-92-62-9-3-2-8-61(58)62)96-83(133)64(11-5-7-17-91-70(111)14-12-67(85(135)136)107-36-30-101(50-75(119)120)24-18-98(47-72(113)114)19-25-102(31-37-107)51-76(121)122)95-82(132)63(94-71(112)15-13-68(86(137)138)108-38-32-103(52-77(123)124)26-20-99(48-73(115)116)21-27-104(33-39-108)53-78(125)126)10-4-6-16-90-60(56-110)44-69(87(139)140)109-40-34-105(54-79(127)128)28-22-100(49-74(117)118)23-29-106(35-41-109)55-80(129)130/h2-3,8-9,45-46,56-57,60,63-69,90,92H,4-7,10-44,47-55H2,1H3,(H,88,131)(H,89,93)(H,91,111)(H,94,112)(H,95,132)(H,96,133)(H,97,134)(H,113,114)(H,115,116)(H,117,118)(H,119,120)(H,121,122)(H,123,124)(H,125,126)(H,127,128)(H,129,130)(H,135,136)(H,137,138)(H,139,140)/t60?,63-,64-,65-,66-,67?,68?,69?/m0/s1. The van der Waals surface area contributed by atoms with Crippen LogP contribution in [0.2, 0.25) is 0 Å². The Morgan fingerprint density at radius 2 is 0.686 bits per heavy atom. The Balaban J connectivity index is 1.34. The molecule has 53 heteroatoms. The van der Waals surface area contributed by atoms with Crippen molar-refractivity contribution in [3.05, 3.63) is 54.2 Å². The lowest BCUT2D eigenvalue weighted by molar-refractivity contribution is -0.145. The summed E-state index contributed by atoms with van der Waals surface area (Å²) < 4.78 is 0. The molecule has 0 radical (unpaired) electrons. The van der Waals surface area contributed by atoms with E-state index in [-0.39, 0.29) is 228 Å². The molecule has 0 bridgehead atoms. The fourth-order valence-corrected chi connectivity index (χ4v) is 16.9. The van der Waals surface area contributed by atoms with Crippen molar-refractivity contribution in [1.29, 1.82) is 0 Å². The molecule has 140 heavy (non-hydrogen) atoms. The molecule has 0 spiro atoms. The topological polar surface area (TPSA) is 735 Å². The molecule has 780 valence electrons. The number of benzene rings is 1. The van der Waals surface area contributed by atoms with Gasteiger partial charge in [0.25, 0.3) is 0 Å². The minimum absolute atomic E-state index is 0.0109. The van der Waals surface area contributed by atoms with Gasteiger partial charge in [0.05, 0.1) is 71.3 Å². The number of nitrogens with zero attached hydrogens (tertiary/aromatic N) is 13. The highest BCUT2D eigenvalue weighted by Gasteiger charge is 2.38. The molecule has 21 N–H and O–H groups in total. The number of unbranched alkanes of at least 4 members (excludes halogenated alkanes) is 2. The molecular formula is C87H136N22O31. The average molecular weight is 1990 g/mol. The number of amides is 6. The number of carbonyl (C=O) groups is 19. The van der Waals surface area contributed by atoms with Gasteiger partial charge >= 0.3 is 71.6 Å². The second-order valence-electron chi connectivity index (χ2n) is 34.8. The summed E-state index contributed by atoms with van der Waals surface area (Å²) in [6, 6.07) is -4.86. The number of carboxylic acids is 12. The third kappa shape index (κ3) is 44.8. The summed E-state index contributed by atoms with van der Waals surface area (Å²) in [5.74, 6) is -20.4. The van der Waals surface area contributed by atoms with Crippen LogP contribution in [0.5, 0.6) is 0 Å². The van der Waals surface area contributed by atoms with Crippen molar-refractivity contribution in [3.63, 3.8) is 0 Å². The van der Waals surface area contributed by atoms with Crippen molar-refractivity contribution in [3.8, 4) is 0 Å². The number of fused-ring (bicyclic) bond motifs is 1. The van der Waals surface area contributed by atoms with Gasteiger partial charge in [-0.15, -0.1) is 0 Å². The third-order valence-electron chi connectivity index (χ3n) is 24.4. The van der Waals surface area contributed by atoms with Crippen LogP contribution in [0.15, 0.2) is 43.0 Å². The predicted octanol–water partition coefficient (Wildman–Crippen LogP) is -7.29. The molecule has 53 nitrogen and oxygen atoms in total. The molecule has 2 aromatic heterocycles. The number of imidazole rings is 1. The quantitative estimate of drug-likeness (QED) is 0.0184. The van der Waals surface area contributed by atoms with E-state index in [4.69, 9.17) is 0 Å². The van der Waals surface area contributed by atoms with Gasteiger partial charge in [0.1, 0.15) is 48.6 Å². The number of likely N-dealkylation sites (N-methyl/N-ethyl adjacent to an activating group) is 1. The summed E-state index contributed by atoms with van der Waals surface area (Å²) in [5.41, 5.74) is 1.56. The van der Waals surface area contributed by atoms with E-state index in [0.717, 1.165) is 0 Å². The number of para-hydroxylation sites is 1. The Morgan fingerprint density at radius 3 is 1.03 bits per heavy atom. The zero-order valence-corrected chi connectivity index (χ0v) is 78.6. The van der Waals surface area contributed by atoms with Crippen molar-refractivity contribution in [2.24, 2.45) is 0 Å². The first-order valence-corrected chi connectivity index (χ1v) is 46.4. The van der Waals surface area contributed by atoms with E-state index in [2.05, 4.69) is 52.2 Å². The molecule has 6 amide bonds. The van der Waals surface area contributed by atoms with Crippen LogP contribution in [0, 0.1) is 0 Å². The maximum atomic E-state index is 15.5. The van der Waals surface area contributed by atoms with Gasteiger partial charge in [-0.3, -0.25) is 145 Å². The number of rotatable bonds is 56. The molecule has 3 aliphatic heterocycles. The number of nitrogens with one attached hydrogen (secondary N) is 9. The number of hydrogen-bond donors (Lipinski definition) is 21. The molecule has 3 aromatic rings. The smallest absolute Gasteiger partial charge is 0.320 e. The molecule has 8 atom stereocenters. The van der Waals surface area contributed by atoms with Crippen LogP contribution in [0.4, 0.5) is 0 Å². The third-order valence-corrected chi connectivity index (χ3v) is 24.4. The lowest BCUT2D eigenvalue weighted by Gasteiger charge is -2.36. The first kappa shape index (κ1) is 116. The SMILES string of the molecule is CNC(=O)[C@H](Cc1cnc[nH]1)NC(=O)[C@H](Cc1c[nH]c2ccccc12)NC(=O)[C@H](CCCCNC(=O)CCC(C(=O)O)N1CCN(CC(=O)O)CCN(CC(=O)O)CCN(CC(=O)O)CC1)NC(=O)[C@H](CCCCNC(C=O)CC(C(=O)O)N1CCN(CC(=O)O)CCN(CC(=O)O)CCN(CC(=O)O)CC1)NC(=O)CCC(C(=O)O)N1CCN(CC(=O)O)CCN(CC(=O)O)CCN(CC(=O)O)CC1. The molecule has 3 aliphatic rings. The van der Waals surface area contributed by atoms with Crippen molar-refractivity contribution >= 4 is 124 Å². The summed E-state index contributed by atoms with van der Waals surface area (Å²) in [6.07, 6.45) is 1.51. The van der Waals surface area contributed by atoms with E-state index in [0.29, 0.717) is 28.4 Å². The Bertz CT molecular complexity index is 4480. The number of aliphatic carboxylic acids is 12. The molecule has 3 saturated heterocycles. The molecule has 6 rings (SSSR count). The van der Waals surface area contributed by atoms with Crippen molar-refractivity contribution in [1.82, 2.24) is 111 Å². The average Bonchev–Trinajstić information content (AvgIpc) is 1.67. The highest BCUT2D eigenvalue weighted by atomic mass is 16.4. The van der Waals surface area contributed by atoms with E-state index in [1.54, 1.807) is 30.5 Å². The van der Waals surface area contributed by atoms with Gasteiger partial charge in [-0.1, -0.05) is 18.2 Å². The predicted molar refractivity (Wildman–Crippen MR) is 493 cm³/mol. The second kappa shape index (κ2) is 61.9. The van der Waals surface area contributed by atoms with Crippen LogP contribution in [-0.2, 0) is 104 Å². The number of aldehydes is 1. The summed E-state index contributed by atoms with van der Waals surface area (Å²) >= 11 is 0. The Hall–Kier alpha value is -12.4. The number of aromatic nitrogens is 3. The normalized spacial score (nSPS) is 18.2. The number of carboxylic acid groups (broad SMARTS) is 12. The number of H-pyrrole nitrogens is 2. The van der Waals surface area contributed by atoms with Crippen molar-refractivity contribution in [2.75, 3.05) is 236 Å². The highest BCUT2D eigenvalue weighted by Crippen LogP contribution is 2.22. The molecule has 1 aromatic carbocycles. The summed E-state index contributed by atoms with van der Waals surface area (Å²) in [4.78, 5) is 278. The summed E-state index contributed by atoms with van der Waals surface area (Å²) in [6.45, 7) is -5.70. The van der Waals surface area contributed by atoms with E-state index >= 15 is 14.4 Å². The van der Waals surface area contributed by atoms with Crippen molar-refractivity contribution in [2.45, 2.75) is 132 Å². The van der Waals surface area contributed by atoms with Crippen molar-refractivity contribution < 1.29 is 152 Å². The lowest BCUT2D eigenvalue weighted by atomic mass is 10.0. The van der Waals surface area contributed by atoms with Gasteiger partial charge in [0.15, 0.2) is 0 Å². The first-order valence-electron chi connectivity index (χ1n) is 46.4. The first-order chi connectivity index (χ1) is 66.6. The maximum Gasteiger partial charge on any atom is 0.320 e. The largest absolute Gasteiger partial charge is 0.480 e. The van der Waals surface area contributed by atoms with Gasteiger partial charge in [0, 0.05) is 225 Å². The van der Waals surface area contributed by atoms with Gasteiger partial charge in [-0.25, -0.2) is 4.98 Å². The minimum atomic E-state index is -1.68. The number of carbonyl (C=O) groups excluding carboxylic acids is 7. The Morgan fingerprint density at radius 1 is 0.364 bits per heavy atom. The fourth-order valence-electron chi connectivity index (χ4n) is 16.9. The Labute approximate surface area is 806 Å². The van der Waals surface area contributed by atoms with Crippen LogP contribution in [-0.4, -0.2) is 533 Å². The molecule has 3 fully saturated rings. The summed E-state index contributed by atoms with van der Waals surface area (Å²) in [5, 5.41) is 141. The molecule has 0 aliphatic carbocycles. The Kier molecular flexibility index (Phi) is 51.4. The fraction of sp³-hybridized carbons (Fsp3) is 0.655. The number of aromatic amines is 2. The molecule has 0 saturated carbocycles. The molecular weight excluding hydrogens is 1850 g/mol. The van der Waals surface area contributed by atoms with Crippen LogP contribution >= 0.6 is 0 Å². The van der Waals surface area contributed by atoms with Crippen LogP contribution < -0.4 is 37.2 Å². The van der Waals surface area contributed by atoms with Gasteiger partial charge in [-0.2, -0.15) is 0 Å². The maximum absolute atomic E-state index is 15.5. The highest BCUT2D eigenvalue weighted by molar-refractivity contribution is 5.96. The van der Waals surface area contributed by atoms with E-state index in [1.165, 1.54) is 78.4 Å². The van der Waals surface area contributed by atoms with Gasteiger partial charge in [0.2, 0.25) is 35.4 Å². The lowest BCUT2D eigenvalue weighted by Crippen LogP contribution is -2.59. The van der Waals surface area contributed by atoms with E-state index < -0.39 is 240 Å². The summed E-state index contributed by atoms with van der Waals surface area (Å²) in [7, 11) is 1.34. The molecule has 5 heterocycles. The van der Waals surface area contributed by atoms with E-state index in [9.17, 15) is 138 Å². The number of hydrogen-bond acceptors (Lipinski definition) is 33. The second-order valence-corrected chi connectivity index (χ2v) is 34.8. The van der Waals surface area contributed by atoms with Crippen LogP contribution in [0.25, 0.3) is 10.9 Å². The monoisotopic (exact) mass is 1980 g/mol. The van der Waals surface area contributed by atoms with Crippen LogP contribution in [0.1, 0.15) is 81.9 Å².